The quantitative estimate of drug-likeness (QED) is 0.506. The molecule has 2 heterocycles. The fourth-order valence-corrected chi connectivity index (χ4v) is 4.20. The number of carbonyl (C=O) groups excluding carboxylic acids is 1. The number of hydrogen-bond donors (Lipinski definition) is 0. The van der Waals surface area contributed by atoms with Crippen LogP contribution < -0.4 is 4.90 Å². The number of carbonyl (C=O) groups is 1. The number of nitrogens with zero attached hydrogens (tertiary/aromatic N) is 3. The Morgan fingerprint density at radius 3 is 2.70 bits per heavy atom. The summed E-state index contributed by atoms with van der Waals surface area (Å²) in [6, 6.07) is 10.3. The maximum atomic E-state index is 12.8. The van der Waals surface area contributed by atoms with E-state index in [0.717, 1.165) is 33.2 Å². The number of aromatic nitrogens is 1. The largest absolute Gasteiger partial charge is 0.308 e. The van der Waals surface area contributed by atoms with Gasteiger partial charge >= 0.3 is 0 Å². The first-order valence-electron chi connectivity index (χ1n) is 8.64. The molecule has 0 N–H and O–H groups in total. The van der Waals surface area contributed by atoms with Crippen LogP contribution in [-0.2, 0) is 11.2 Å². The molecule has 0 radical (unpaired) electrons. The summed E-state index contributed by atoms with van der Waals surface area (Å²) in [5.41, 5.74) is 2.24. The fraction of sp³-hybridized carbons (Fsp3) is 0.300. The van der Waals surface area contributed by atoms with Crippen molar-refractivity contribution in [2.75, 3.05) is 32.1 Å². The standard InChI is InChI=1S/C20H23N3OS2.ClH/c1-4-15-7-9-17-18(14-15)26-20(21-17)23(12-11-22(2)3)19(24)10-8-16-6-5-13-25-16;/h5-10,13-14H,4,11-12H2,1-3H3;1H/b10-8+;. The van der Waals surface area contributed by atoms with E-state index in [1.807, 2.05) is 43.8 Å². The van der Waals surface area contributed by atoms with Crippen molar-refractivity contribution in [3.8, 4) is 0 Å². The second kappa shape index (κ2) is 9.99. The summed E-state index contributed by atoms with van der Waals surface area (Å²) in [4.78, 5) is 22.5. The molecule has 1 amide bonds. The van der Waals surface area contributed by atoms with Crippen molar-refractivity contribution >= 4 is 62.4 Å². The molecule has 27 heavy (non-hydrogen) atoms. The molecule has 0 fully saturated rings. The van der Waals surface area contributed by atoms with Gasteiger partial charge in [-0.15, -0.1) is 23.7 Å². The zero-order chi connectivity index (χ0) is 18.5. The zero-order valence-corrected chi connectivity index (χ0v) is 18.2. The molecule has 4 nitrogen and oxygen atoms in total. The van der Waals surface area contributed by atoms with Gasteiger partial charge in [-0.25, -0.2) is 4.98 Å². The van der Waals surface area contributed by atoms with Crippen LogP contribution in [0.5, 0.6) is 0 Å². The van der Waals surface area contributed by atoms with Gasteiger partial charge in [0.25, 0.3) is 5.91 Å². The third-order valence-electron chi connectivity index (χ3n) is 4.05. The second-order valence-electron chi connectivity index (χ2n) is 6.29. The Labute approximate surface area is 174 Å². The highest BCUT2D eigenvalue weighted by Gasteiger charge is 2.18. The molecule has 0 spiro atoms. The smallest absolute Gasteiger partial charge is 0.252 e. The van der Waals surface area contributed by atoms with Crippen molar-refractivity contribution in [2.24, 2.45) is 0 Å². The van der Waals surface area contributed by atoms with Crippen molar-refractivity contribution in [3.05, 3.63) is 52.2 Å². The number of anilines is 1. The first kappa shape index (κ1) is 21.6. The Hall–Kier alpha value is -1.73. The van der Waals surface area contributed by atoms with Crippen LogP contribution in [0.4, 0.5) is 5.13 Å². The Morgan fingerprint density at radius 1 is 1.22 bits per heavy atom. The molecule has 0 aliphatic heterocycles. The molecule has 144 valence electrons. The van der Waals surface area contributed by atoms with Crippen molar-refractivity contribution in [1.29, 1.82) is 0 Å². The molecule has 1 aromatic carbocycles. The van der Waals surface area contributed by atoms with Crippen LogP contribution in [-0.4, -0.2) is 43.0 Å². The van der Waals surface area contributed by atoms with Crippen LogP contribution in [0.2, 0.25) is 0 Å². The molecule has 0 aliphatic carbocycles. The van der Waals surface area contributed by atoms with Crippen molar-refractivity contribution < 1.29 is 4.79 Å². The lowest BCUT2D eigenvalue weighted by Gasteiger charge is -2.20. The van der Waals surface area contributed by atoms with Gasteiger partial charge in [-0.05, 0) is 55.7 Å². The highest BCUT2D eigenvalue weighted by molar-refractivity contribution is 7.22. The lowest BCUT2D eigenvalue weighted by Crippen LogP contribution is -2.35. The van der Waals surface area contributed by atoms with Crippen molar-refractivity contribution in [3.63, 3.8) is 0 Å². The minimum atomic E-state index is -0.0324. The Bertz CT molecular complexity index is 903. The van der Waals surface area contributed by atoms with Gasteiger partial charge in [0.05, 0.1) is 10.2 Å². The summed E-state index contributed by atoms with van der Waals surface area (Å²) in [6.45, 7) is 3.54. The van der Waals surface area contributed by atoms with E-state index in [1.54, 1.807) is 33.6 Å². The van der Waals surface area contributed by atoms with Crippen LogP contribution in [0, 0.1) is 0 Å². The van der Waals surface area contributed by atoms with Crippen LogP contribution in [0.25, 0.3) is 16.3 Å². The van der Waals surface area contributed by atoms with E-state index in [-0.39, 0.29) is 18.3 Å². The molecule has 2 aromatic heterocycles. The summed E-state index contributed by atoms with van der Waals surface area (Å²) < 4.78 is 1.13. The highest BCUT2D eigenvalue weighted by atomic mass is 35.5. The van der Waals surface area contributed by atoms with Gasteiger partial charge in [-0.3, -0.25) is 9.69 Å². The Balaban J connectivity index is 0.00000261. The average molecular weight is 422 g/mol. The number of benzene rings is 1. The monoisotopic (exact) mass is 421 g/mol. The van der Waals surface area contributed by atoms with Crippen LogP contribution >= 0.6 is 35.1 Å². The molecule has 0 unspecified atom stereocenters. The summed E-state index contributed by atoms with van der Waals surface area (Å²) >= 11 is 3.20. The SMILES string of the molecule is CCc1ccc2nc(N(CCN(C)C)C(=O)/C=C/c3cccs3)sc2c1.Cl. The van der Waals surface area contributed by atoms with E-state index >= 15 is 0 Å². The minimum absolute atomic E-state index is 0. The molecule has 0 saturated heterocycles. The zero-order valence-electron chi connectivity index (χ0n) is 15.7. The Morgan fingerprint density at radius 2 is 2.04 bits per heavy atom. The third-order valence-corrected chi connectivity index (χ3v) is 5.93. The summed E-state index contributed by atoms with van der Waals surface area (Å²) in [5.74, 6) is -0.0324. The minimum Gasteiger partial charge on any atom is -0.308 e. The van der Waals surface area contributed by atoms with E-state index in [9.17, 15) is 4.79 Å². The number of aryl methyl sites for hydroxylation is 1. The highest BCUT2D eigenvalue weighted by Crippen LogP contribution is 2.30. The van der Waals surface area contributed by atoms with Crippen LogP contribution in [0.1, 0.15) is 17.4 Å². The average Bonchev–Trinajstić information content (AvgIpc) is 3.28. The lowest BCUT2D eigenvalue weighted by atomic mass is 10.2. The molecule has 0 atom stereocenters. The predicted molar refractivity (Wildman–Crippen MR) is 121 cm³/mol. The first-order valence-corrected chi connectivity index (χ1v) is 10.3. The van der Waals surface area contributed by atoms with Gasteiger partial charge in [0, 0.05) is 24.0 Å². The van der Waals surface area contributed by atoms with E-state index in [4.69, 9.17) is 4.98 Å². The Kier molecular flexibility index (Phi) is 7.98. The number of likely N-dealkylation sites (N-methyl/N-ethyl adjacent to an activating group) is 1. The molecule has 0 bridgehead atoms. The van der Waals surface area contributed by atoms with Gasteiger partial charge in [-0.2, -0.15) is 0 Å². The van der Waals surface area contributed by atoms with Gasteiger partial charge < -0.3 is 4.90 Å². The maximum absolute atomic E-state index is 12.8. The summed E-state index contributed by atoms with van der Waals surface area (Å²) in [6.07, 6.45) is 4.51. The van der Waals surface area contributed by atoms with Crippen molar-refractivity contribution in [2.45, 2.75) is 13.3 Å². The molecule has 0 saturated carbocycles. The summed E-state index contributed by atoms with van der Waals surface area (Å²) in [5, 5.41) is 2.77. The van der Waals surface area contributed by atoms with Crippen LogP contribution in [0.3, 0.4) is 0 Å². The van der Waals surface area contributed by atoms with Gasteiger partial charge in [-0.1, -0.05) is 30.4 Å². The molecule has 3 rings (SSSR count). The lowest BCUT2D eigenvalue weighted by molar-refractivity contribution is -0.114. The summed E-state index contributed by atoms with van der Waals surface area (Å²) in [7, 11) is 4.02. The first-order chi connectivity index (χ1) is 12.6. The van der Waals surface area contributed by atoms with Crippen LogP contribution in [0.15, 0.2) is 41.8 Å². The molecular formula is C20H24ClN3OS2. The van der Waals surface area contributed by atoms with E-state index in [1.165, 1.54) is 5.56 Å². The normalized spacial score (nSPS) is 11.3. The topological polar surface area (TPSA) is 36.4 Å². The number of halogens is 1. The number of fused-ring (bicyclic) bond motifs is 1. The number of amides is 1. The molecule has 0 aliphatic rings. The van der Waals surface area contributed by atoms with Gasteiger partial charge in [0.2, 0.25) is 0 Å². The molecule has 7 heteroatoms. The third kappa shape index (κ3) is 5.62. The second-order valence-corrected chi connectivity index (χ2v) is 8.28. The molecular weight excluding hydrogens is 398 g/mol. The van der Waals surface area contributed by atoms with E-state index in [0.29, 0.717) is 6.54 Å². The number of hydrogen-bond acceptors (Lipinski definition) is 5. The fourth-order valence-electron chi connectivity index (χ4n) is 2.52. The number of thiazole rings is 1. The van der Waals surface area contributed by atoms with Crippen molar-refractivity contribution in [1.82, 2.24) is 9.88 Å². The number of thiophene rings is 1. The van der Waals surface area contributed by atoms with Gasteiger partial charge in [0.15, 0.2) is 5.13 Å². The molecule has 3 aromatic rings. The number of rotatable bonds is 7. The predicted octanol–water partition coefficient (Wildman–Crippen LogP) is 4.95. The maximum Gasteiger partial charge on any atom is 0.252 e. The van der Waals surface area contributed by atoms with E-state index in [2.05, 4.69) is 24.0 Å². The van der Waals surface area contributed by atoms with E-state index < -0.39 is 0 Å². The van der Waals surface area contributed by atoms with Gasteiger partial charge in [0.1, 0.15) is 0 Å².